The van der Waals surface area contributed by atoms with Crippen molar-refractivity contribution >= 4 is 17.5 Å². The number of nitrogens with zero attached hydrogens (tertiary/aromatic N) is 1. The summed E-state index contributed by atoms with van der Waals surface area (Å²) in [4.78, 5) is 14.1. The zero-order chi connectivity index (χ0) is 11.5. The van der Waals surface area contributed by atoms with Crippen LogP contribution in [0.1, 0.15) is 28.8 Å². The Morgan fingerprint density at radius 1 is 1.56 bits per heavy atom. The first-order valence-corrected chi connectivity index (χ1v) is 6.19. The van der Waals surface area contributed by atoms with Gasteiger partial charge in [0.25, 0.3) is 5.91 Å². The monoisotopic (exact) mass is 237 g/mol. The molecule has 1 saturated heterocycles. The molecule has 0 aromatic heterocycles. The van der Waals surface area contributed by atoms with Gasteiger partial charge in [-0.05, 0) is 31.9 Å². The van der Waals surface area contributed by atoms with Crippen LogP contribution >= 0.6 is 11.6 Å². The first kappa shape index (κ1) is 11.5. The zero-order valence-corrected chi connectivity index (χ0v) is 10.2. The van der Waals surface area contributed by atoms with E-state index in [0.717, 1.165) is 30.5 Å². The summed E-state index contributed by atoms with van der Waals surface area (Å²) in [6.07, 6.45) is 2.09. The normalized spacial score (nSPS) is 20.1. The van der Waals surface area contributed by atoms with Gasteiger partial charge in [0, 0.05) is 24.0 Å². The lowest BCUT2D eigenvalue weighted by molar-refractivity contribution is 0.0749. The second kappa shape index (κ2) is 4.88. The molecule has 1 atom stereocenters. The third-order valence-electron chi connectivity index (χ3n) is 3.08. The number of aryl methyl sites for hydroxylation is 1. The Kier molecular flexibility index (Phi) is 3.49. The smallest absolute Gasteiger partial charge is 0.254 e. The van der Waals surface area contributed by atoms with Crippen molar-refractivity contribution < 1.29 is 4.79 Å². The summed E-state index contributed by atoms with van der Waals surface area (Å²) in [5.74, 6) is 0.657. The summed E-state index contributed by atoms with van der Waals surface area (Å²) in [7, 11) is 0. The molecule has 0 aliphatic carbocycles. The van der Waals surface area contributed by atoms with Crippen molar-refractivity contribution in [1.29, 1.82) is 0 Å². The highest BCUT2D eigenvalue weighted by atomic mass is 35.5. The Hall–Kier alpha value is -1.02. The van der Waals surface area contributed by atoms with Crippen molar-refractivity contribution in [2.75, 3.05) is 12.4 Å². The molecule has 3 heteroatoms. The van der Waals surface area contributed by atoms with Gasteiger partial charge in [0.05, 0.1) is 0 Å². The van der Waals surface area contributed by atoms with Crippen LogP contribution in [0, 0.1) is 6.92 Å². The first-order valence-electron chi connectivity index (χ1n) is 5.66. The van der Waals surface area contributed by atoms with Crippen LogP contribution in [0.4, 0.5) is 0 Å². The number of amides is 1. The molecule has 0 saturated carbocycles. The Morgan fingerprint density at radius 2 is 2.38 bits per heavy atom. The average Bonchev–Trinajstić information content (AvgIpc) is 2.76. The van der Waals surface area contributed by atoms with Gasteiger partial charge in [0.1, 0.15) is 0 Å². The van der Waals surface area contributed by atoms with E-state index in [1.165, 1.54) is 0 Å². The maximum atomic E-state index is 12.2. The average molecular weight is 238 g/mol. The molecule has 2 nitrogen and oxygen atoms in total. The Morgan fingerprint density at radius 3 is 3.06 bits per heavy atom. The third kappa shape index (κ3) is 2.22. The summed E-state index contributed by atoms with van der Waals surface area (Å²) < 4.78 is 0. The van der Waals surface area contributed by atoms with Crippen molar-refractivity contribution in [3.05, 3.63) is 35.4 Å². The summed E-state index contributed by atoms with van der Waals surface area (Å²) >= 11 is 5.87. The SMILES string of the molecule is Cc1cccc(C(=O)N2CCC[C@H]2CCl)c1. The van der Waals surface area contributed by atoms with E-state index in [1.807, 2.05) is 36.1 Å². The first-order chi connectivity index (χ1) is 7.72. The Bertz CT molecular complexity index is 391. The third-order valence-corrected chi connectivity index (χ3v) is 3.44. The van der Waals surface area contributed by atoms with E-state index >= 15 is 0 Å². The van der Waals surface area contributed by atoms with Gasteiger partial charge in [-0.15, -0.1) is 11.6 Å². The molecule has 16 heavy (non-hydrogen) atoms. The fourth-order valence-electron chi connectivity index (χ4n) is 2.21. The molecule has 0 N–H and O–H groups in total. The summed E-state index contributed by atoms with van der Waals surface area (Å²) in [6, 6.07) is 7.95. The van der Waals surface area contributed by atoms with Crippen LogP contribution in [-0.4, -0.2) is 29.3 Å². The quantitative estimate of drug-likeness (QED) is 0.725. The highest BCUT2D eigenvalue weighted by molar-refractivity contribution is 6.18. The van der Waals surface area contributed by atoms with Crippen LogP contribution in [0.3, 0.4) is 0 Å². The van der Waals surface area contributed by atoms with Crippen molar-refractivity contribution in [2.45, 2.75) is 25.8 Å². The highest BCUT2D eigenvalue weighted by Gasteiger charge is 2.28. The maximum Gasteiger partial charge on any atom is 0.254 e. The number of halogens is 1. The van der Waals surface area contributed by atoms with Crippen LogP contribution in [0.25, 0.3) is 0 Å². The van der Waals surface area contributed by atoms with Gasteiger partial charge >= 0.3 is 0 Å². The number of hydrogen-bond acceptors (Lipinski definition) is 1. The fourth-order valence-corrected chi connectivity index (χ4v) is 2.53. The number of likely N-dealkylation sites (tertiary alicyclic amines) is 1. The number of carbonyl (C=O) groups excluding carboxylic acids is 1. The lowest BCUT2D eigenvalue weighted by atomic mass is 10.1. The van der Waals surface area contributed by atoms with Gasteiger partial charge in [0.15, 0.2) is 0 Å². The highest BCUT2D eigenvalue weighted by Crippen LogP contribution is 2.21. The Labute approximate surface area is 101 Å². The van der Waals surface area contributed by atoms with E-state index in [1.54, 1.807) is 0 Å². The van der Waals surface area contributed by atoms with E-state index in [9.17, 15) is 4.79 Å². The molecule has 86 valence electrons. The van der Waals surface area contributed by atoms with E-state index in [0.29, 0.717) is 5.88 Å². The van der Waals surface area contributed by atoms with Gasteiger partial charge in [0.2, 0.25) is 0 Å². The van der Waals surface area contributed by atoms with Crippen LogP contribution in [-0.2, 0) is 0 Å². The number of alkyl halides is 1. The molecule has 1 aliphatic rings. The van der Waals surface area contributed by atoms with E-state index in [2.05, 4.69) is 0 Å². The fraction of sp³-hybridized carbons (Fsp3) is 0.462. The minimum atomic E-state index is 0.117. The van der Waals surface area contributed by atoms with Gasteiger partial charge < -0.3 is 4.90 Å². The molecule has 0 bridgehead atoms. The zero-order valence-electron chi connectivity index (χ0n) is 9.45. The van der Waals surface area contributed by atoms with Gasteiger partial charge in [-0.1, -0.05) is 17.7 Å². The van der Waals surface area contributed by atoms with Gasteiger partial charge in [-0.3, -0.25) is 4.79 Å². The van der Waals surface area contributed by atoms with Crippen LogP contribution in [0.15, 0.2) is 24.3 Å². The molecule has 1 aromatic carbocycles. The minimum Gasteiger partial charge on any atom is -0.334 e. The standard InChI is InChI=1S/C13H16ClNO/c1-10-4-2-5-11(8-10)13(16)15-7-3-6-12(15)9-14/h2,4-5,8,12H,3,6-7,9H2,1H3/t12-/m0/s1. The molecule has 0 unspecified atom stereocenters. The lowest BCUT2D eigenvalue weighted by Gasteiger charge is -2.23. The van der Waals surface area contributed by atoms with E-state index < -0.39 is 0 Å². The molecule has 1 fully saturated rings. The molecule has 1 aromatic rings. The number of hydrogen-bond donors (Lipinski definition) is 0. The molecule has 0 radical (unpaired) electrons. The van der Waals surface area contributed by atoms with Gasteiger partial charge in [-0.25, -0.2) is 0 Å². The summed E-state index contributed by atoms with van der Waals surface area (Å²) in [6.45, 7) is 2.84. The van der Waals surface area contributed by atoms with Crippen molar-refractivity contribution in [1.82, 2.24) is 4.90 Å². The number of rotatable bonds is 2. The van der Waals surface area contributed by atoms with Crippen LogP contribution in [0.2, 0.25) is 0 Å². The van der Waals surface area contributed by atoms with Crippen molar-refractivity contribution in [3.8, 4) is 0 Å². The van der Waals surface area contributed by atoms with Crippen molar-refractivity contribution in [3.63, 3.8) is 0 Å². The summed E-state index contributed by atoms with van der Waals surface area (Å²) in [5.41, 5.74) is 1.89. The lowest BCUT2D eigenvalue weighted by Crippen LogP contribution is -2.36. The molecular formula is C13H16ClNO. The molecular weight excluding hydrogens is 222 g/mol. The van der Waals surface area contributed by atoms with Crippen LogP contribution < -0.4 is 0 Å². The van der Waals surface area contributed by atoms with Crippen molar-refractivity contribution in [2.24, 2.45) is 0 Å². The minimum absolute atomic E-state index is 0.117. The summed E-state index contributed by atoms with van der Waals surface area (Å²) in [5, 5.41) is 0. The van der Waals surface area contributed by atoms with Crippen LogP contribution in [0.5, 0.6) is 0 Å². The number of benzene rings is 1. The Balaban J connectivity index is 2.18. The van der Waals surface area contributed by atoms with Gasteiger partial charge in [-0.2, -0.15) is 0 Å². The second-order valence-corrected chi connectivity index (χ2v) is 4.63. The molecule has 1 heterocycles. The molecule has 2 rings (SSSR count). The largest absolute Gasteiger partial charge is 0.334 e. The second-order valence-electron chi connectivity index (χ2n) is 4.32. The van der Waals surface area contributed by atoms with E-state index in [-0.39, 0.29) is 11.9 Å². The molecule has 0 spiro atoms. The molecule has 1 amide bonds. The number of carbonyl (C=O) groups is 1. The maximum absolute atomic E-state index is 12.2. The topological polar surface area (TPSA) is 20.3 Å². The predicted molar refractivity (Wildman–Crippen MR) is 66.0 cm³/mol. The predicted octanol–water partition coefficient (Wildman–Crippen LogP) is 2.84. The molecule has 1 aliphatic heterocycles. The van der Waals surface area contributed by atoms with E-state index in [4.69, 9.17) is 11.6 Å².